The Morgan fingerprint density at radius 3 is 2.61 bits per heavy atom. The molecule has 3 rings (SSSR count). The van der Waals surface area contributed by atoms with Gasteiger partial charge in [-0.2, -0.15) is 0 Å². The molecule has 0 unspecified atom stereocenters. The number of carbonyl (C=O) groups excluding carboxylic acids is 2. The molecule has 0 saturated heterocycles. The minimum Gasteiger partial charge on any atom is -0.495 e. The maximum atomic E-state index is 12.1. The topological polar surface area (TPSA) is 108 Å². The molecule has 1 N–H and O–H groups in total. The van der Waals surface area contributed by atoms with Gasteiger partial charge in [0.2, 0.25) is 0 Å². The number of halogens is 1. The molecule has 3 aromatic carbocycles. The van der Waals surface area contributed by atoms with Gasteiger partial charge in [-0.05, 0) is 23.6 Å². The summed E-state index contributed by atoms with van der Waals surface area (Å²) in [5.74, 6) is -1.01. The number of anilines is 1. The van der Waals surface area contributed by atoms with E-state index in [1.54, 1.807) is 6.07 Å². The van der Waals surface area contributed by atoms with E-state index in [9.17, 15) is 19.7 Å². The maximum Gasteiger partial charge on any atom is 0.316 e. The fourth-order valence-electron chi connectivity index (χ4n) is 2.80. The van der Waals surface area contributed by atoms with Gasteiger partial charge in [-0.3, -0.25) is 19.7 Å². The predicted molar refractivity (Wildman–Crippen MR) is 119 cm³/mol. The van der Waals surface area contributed by atoms with Crippen molar-refractivity contribution in [2.45, 2.75) is 4.90 Å². The fourth-order valence-corrected chi connectivity index (χ4v) is 4.04. The van der Waals surface area contributed by atoms with Crippen molar-refractivity contribution in [1.29, 1.82) is 0 Å². The van der Waals surface area contributed by atoms with E-state index in [4.69, 9.17) is 21.1 Å². The summed E-state index contributed by atoms with van der Waals surface area (Å²) < 4.78 is 10.1. The quantitative estimate of drug-likeness (QED) is 0.225. The summed E-state index contributed by atoms with van der Waals surface area (Å²) in [6.45, 7) is -0.540. The number of nitro benzene ring substituents is 1. The highest BCUT2D eigenvalue weighted by atomic mass is 35.5. The van der Waals surface area contributed by atoms with Gasteiger partial charge in [0.05, 0.1) is 23.5 Å². The SMILES string of the molecule is COc1ccc([N+](=O)[O-])cc1NC(=O)COC(=O)CSc1cccc2cccc(Cl)c12. The first-order valence-corrected chi connectivity index (χ1v) is 10.3. The standard InChI is InChI=1S/C21H17ClN2O6S/c1-29-17-9-8-14(24(27)28)10-16(17)23-19(25)11-30-20(26)12-31-18-7-3-5-13-4-2-6-15(22)21(13)18/h2-10H,11-12H2,1H3,(H,23,25). The molecule has 0 heterocycles. The molecule has 31 heavy (non-hydrogen) atoms. The summed E-state index contributed by atoms with van der Waals surface area (Å²) in [4.78, 5) is 35.4. The number of rotatable bonds is 8. The number of nitrogens with zero attached hydrogens (tertiary/aromatic N) is 1. The van der Waals surface area contributed by atoms with Gasteiger partial charge in [0.15, 0.2) is 6.61 Å². The zero-order valence-corrected chi connectivity index (χ0v) is 17.9. The van der Waals surface area contributed by atoms with Crippen molar-refractivity contribution >= 4 is 57.4 Å². The Kier molecular flexibility index (Phi) is 7.32. The van der Waals surface area contributed by atoms with Gasteiger partial charge in [0.25, 0.3) is 11.6 Å². The summed E-state index contributed by atoms with van der Waals surface area (Å²) in [6, 6.07) is 15.0. The summed E-state index contributed by atoms with van der Waals surface area (Å²) in [6.07, 6.45) is 0. The first-order chi connectivity index (χ1) is 14.9. The van der Waals surface area contributed by atoms with E-state index in [1.165, 1.54) is 37.1 Å². The number of nitro groups is 1. The van der Waals surface area contributed by atoms with Gasteiger partial charge < -0.3 is 14.8 Å². The number of hydrogen-bond donors (Lipinski definition) is 1. The Balaban J connectivity index is 1.57. The number of fused-ring (bicyclic) bond motifs is 1. The average Bonchev–Trinajstić information content (AvgIpc) is 2.76. The molecule has 0 aliphatic heterocycles. The van der Waals surface area contributed by atoms with Crippen LogP contribution in [0.15, 0.2) is 59.5 Å². The molecule has 8 nitrogen and oxygen atoms in total. The maximum absolute atomic E-state index is 12.1. The third-order valence-corrected chi connectivity index (χ3v) is 5.54. The normalized spacial score (nSPS) is 10.5. The van der Waals surface area contributed by atoms with Crippen LogP contribution in [0.5, 0.6) is 5.75 Å². The molecular weight excluding hydrogens is 444 g/mol. The second-order valence-corrected chi connectivity index (χ2v) is 7.66. The Labute approximate surface area is 186 Å². The van der Waals surface area contributed by atoms with E-state index in [-0.39, 0.29) is 22.9 Å². The average molecular weight is 461 g/mol. The minimum absolute atomic E-state index is 0.0161. The molecule has 3 aromatic rings. The third-order valence-electron chi connectivity index (χ3n) is 4.19. The Bertz CT molecular complexity index is 1150. The predicted octanol–water partition coefficient (Wildman–Crippen LogP) is 4.68. The van der Waals surface area contributed by atoms with Gasteiger partial charge in [-0.25, -0.2) is 0 Å². The summed E-state index contributed by atoms with van der Waals surface area (Å²) >= 11 is 7.53. The third kappa shape index (κ3) is 5.65. The van der Waals surface area contributed by atoms with Crippen molar-refractivity contribution in [3.8, 4) is 5.75 Å². The zero-order valence-electron chi connectivity index (χ0n) is 16.3. The number of esters is 1. The minimum atomic E-state index is -0.648. The largest absolute Gasteiger partial charge is 0.495 e. The molecule has 0 spiro atoms. The first-order valence-electron chi connectivity index (χ1n) is 8.97. The van der Waals surface area contributed by atoms with Crippen LogP contribution in [0.2, 0.25) is 5.02 Å². The number of hydrogen-bond acceptors (Lipinski definition) is 7. The number of amides is 1. The molecule has 0 saturated carbocycles. The summed E-state index contributed by atoms with van der Waals surface area (Å²) in [5, 5.41) is 15.7. The molecule has 10 heteroatoms. The van der Waals surface area contributed by atoms with Gasteiger partial charge in [0, 0.05) is 27.4 Å². The number of benzene rings is 3. The Morgan fingerprint density at radius 1 is 1.16 bits per heavy atom. The number of thioether (sulfide) groups is 1. The molecule has 0 aliphatic rings. The van der Waals surface area contributed by atoms with E-state index in [1.807, 2.05) is 30.3 Å². The van der Waals surface area contributed by atoms with Crippen LogP contribution < -0.4 is 10.1 Å². The molecule has 0 radical (unpaired) electrons. The summed E-state index contributed by atoms with van der Waals surface area (Å²) in [5.41, 5.74) is -0.101. The van der Waals surface area contributed by atoms with E-state index in [0.717, 1.165) is 15.7 Å². The number of methoxy groups -OCH3 is 1. The van der Waals surface area contributed by atoms with Crippen molar-refractivity contribution in [3.05, 3.63) is 69.7 Å². The van der Waals surface area contributed by atoms with Crippen LogP contribution in [0.4, 0.5) is 11.4 Å². The number of non-ortho nitro benzene ring substituents is 1. The van der Waals surface area contributed by atoms with Crippen molar-refractivity contribution in [2.75, 3.05) is 24.8 Å². The molecule has 0 aliphatic carbocycles. The van der Waals surface area contributed by atoms with Crippen molar-refractivity contribution in [2.24, 2.45) is 0 Å². The first kappa shape index (κ1) is 22.4. The second-order valence-electron chi connectivity index (χ2n) is 6.23. The van der Waals surface area contributed by atoms with Crippen LogP contribution in [0.25, 0.3) is 10.8 Å². The Morgan fingerprint density at radius 2 is 1.90 bits per heavy atom. The molecule has 0 fully saturated rings. The highest BCUT2D eigenvalue weighted by molar-refractivity contribution is 8.00. The van der Waals surface area contributed by atoms with Gasteiger partial charge in [-0.1, -0.05) is 35.9 Å². The Hall–Kier alpha value is -3.30. The zero-order chi connectivity index (χ0) is 22.4. The lowest BCUT2D eigenvalue weighted by atomic mass is 10.1. The fraction of sp³-hybridized carbons (Fsp3) is 0.143. The molecule has 0 aromatic heterocycles. The van der Waals surface area contributed by atoms with E-state index in [0.29, 0.717) is 5.02 Å². The highest BCUT2D eigenvalue weighted by Gasteiger charge is 2.15. The molecule has 1 amide bonds. The van der Waals surface area contributed by atoms with Gasteiger partial charge in [0.1, 0.15) is 5.75 Å². The number of nitrogens with one attached hydrogen (secondary N) is 1. The van der Waals surface area contributed by atoms with Crippen LogP contribution in [-0.2, 0) is 14.3 Å². The molecule has 0 atom stereocenters. The van der Waals surface area contributed by atoms with E-state index < -0.39 is 23.4 Å². The summed E-state index contributed by atoms with van der Waals surface area (Å²) in [7, 11) is 1.37. The molecular formula is C21H17ClN2O6S. The van der Waals surface area contributed by atoms with Gasteiger partial charge in [-0.15, -0.1) is 11.8 Å². The number of ether oxygens (including phenoxy) is 2. The number of carbonyl (C=O) groups is 2. The van der Waals surface area contributed by atoms with Crippen LogP contribution >= 0.6 is 23.4 Å². The van der Waals surface area contributed by atoms with E-state index in [2.05, 4.69) is 5.32 Å². The van der Waals surface area contributed by atoms with E-state index >= 15 is 0 Å². The lowest BCUT2D eigenvalue weighted by molar-refractivity contribution is -0.384. The van der Waals surface area contributed by atoms with Crippen LogP contribution in [-0.4, -0.2) is 36.3 Å². The highest BCUT2D eigenvalue weighted by Crippen LogP contribution is 2.33. The molecule has 0 bridgehead atoms. The lowest BCUT2D eigenvalue weighted by Crippen LogP contribution is -2.22. The van der Waals surface area contributed by atoms with Crippen LogP contribution in [0.3, 0.4) is 0 Å². The lowest BCUT2D eigenvalue weighted by Gasteiger charge is -2.11. The second kappa shape index (κ2) is 10.1. The van der Waals surface area contributed by atoms with Crippen molar-refractivity contribution in [1.82, 2.24) is 0 Å². The van der Waals surface area contributed by atoms with Crippen LogP contribution in [0.1, 0.15) is 0 Å². The van der Waals surface area contributed by atoms with Crippen molar-refractivity contribution < 1.29 is 24.0 Å². The monoisotopic (exact) mass is 460 g/mol. The van der Waals surface area contributed by atoms with Crippen LogP contribution in [0, 0.1) is 10.1 Å². The van der Waals surface area contributed by atoms with Crippen molar-refractivity contribution in [3.63, 3.8) is 0 Å². The molecule has 160 valence electrons. The smallest absolute Gasteiger partial charge is 0.316 e. The van der Waals surface area contributed by atoms with Gasteiger partial charge >= 0.3 is 5.97 Å².